The maximum atomic E-state index is 15.0. The minimum Gasteiger partial charge on any atom is -0.444 e. The van der Waals surface area contributed by atoms with E-state index in [-0.39, 0.29) is 18.7 Å². The quantitative estimate of drug-likeness (QED) is 0.298. The van der Waals surface area contributed by atoms with Crippen LogP contribution in [0.25, 0.3) is 0 Å². The van der Waals surface area contributed by atoms with E-state index in [0.717, 1.165) is 29.2 Å². The van der Waals surface area contributed by atoms with Crippen LogP contribution in [0.1, 0.15) is 38.3 Å². The highest BCUT2D eigenvalue weighted by atomic mass is 32.2. The minimum atomic E-state index is -6.60. The standard InChI is InChI=1S/C24H22F9NO4S/c1-20(2,3)38-19(35)34-11-10-21(13-34,39(36,37)16-7-5-15(25)6-8-16)14-4-9-17(18(26)12-14)22(27,23(28,29)30)24(31,32)33/h4-9,12H,10-11,13H2,1-3H3. The second-order valence-electron chi connectivity index (χ2n) is 9.95. The second-order valence-corrected chi connectivity index (χ2v) is 12.2. The topological polar surface area (TPSA) is 63.7 Å². The Kier molecular flexibility index (Phi) is 7.52. The summed E-state index contributed by atoms with van der Waals surface area (Å²) in [6.45, 7) is 3.48. The molecule has 2 aromatic carbocycles. The molecule has 1 aliphatic rings. The number of amides is 1. The van der Waals surface area contributed by atoms with Crippen LogP contribution < -0.4 is 0 Å². The molecule has 1 saturated heterocycles. The molecule has 1 heterocycles. The van der Waals surface area contributed by atoms with Gasteiger partial charge in [0, 0.05) is 18.7 Å². The molecule has 1 amide bonds. The van der Waals surface area contributed by atoms with Gasteiger partial charge in [0.2, 0.25) is 0 Å². The van der Waals surface area contributed by atoms with Crippen molar-refractivity contribution in [3.05, 3.63) is 65.2 Å². The molecule has 0 saturated carbocycles. The predicted molar refractivity (Wildman–Crippen MR) is 119 cm³/mol. The van der Waals surface area contributed by atoms with Gasteiger partial charge in [0.25, 0.3) is 0 Å². The number of likely N-dealkylation sites (tertiary alicyclic amines) is 1. The van der Waals surface area contributed by atoms with E-state index in [1.165, 1.54) is 20.8 Å². The van der Waals surface area contributed by atoms with Crippen LogP contribution in [0.5, 0.6) is 0 Å². The fourth-order valence-electron chi connectivity index (χ4n) is 4.26. The van der Waals surface area contributed by atoms with Gasteiger partial charge in [-0.05, 0) is 63.1 Å². The van der Waals surface area contributed by atoms with E-state index in [2.05, 4.69) is 0 Å². The third-order valence-electron chi connectivity index (χ3n) is 6.17. The van der Waals surface area contributed by atoms with Crippen molar-refractivity contribution in [3.8, 4) is 0 Å². The summed E-state index contributed by atoms with van der Waals surface area (Å²) in [5.41, 5.74) is -10.2. The fraction of sp³-hybridized carbons (Fsp3) is 0.458. The Bertz CT molecular complexity index is 1340. The van der Waals surface area contributed by atoms with Gasteiger partial charge in [0.05, 0.1) is 4.90 Å². The van der Waals surface area contributed by atoms with Crippen LogP contribution in [0.3, 0.4) is 0 Å². The summed E-state index contributed by atoms with van der Waals surface area (Å²) < 4.78 is 153. The lowest BCUT2D eigenvalue weighted by Gasteiger charge is -2.33. The minimum absolute atomic E-state index is 0.0702. The van der Waals surface area contributed by atoms with Gasteiger partial charge in [-0.25, -0.2) is 26.4 Å². The van der Waals surface area contributed by atoms with Gasteiger partial charge in [-0.1, -0.05) is 12.1 Å². The number of hydrogen-bond acceptors (Lipinski definition) is 4. The number of carbonyl (C=O) groups is 1. The van der Waals surface area contributed by atoms with Crippen molar-refractivity contribution in [1.29, 1.82) is 0 Å². The molecule has 1 fully saturated rings. The Balaban J connectivity index is 2.22. The Labute approximate surface area is 217 Å². The van der Waals surface area contributed by atoms with E-state index in [1.807, 2.05) is 0 Å². The van der Waals surface area contributed by atoms with E-state index < -0.39 is 84.9 Å². The Hall–Kier alpha value is -2.97. The summed E-state index contributed by atoms with van der Waals surface area (Å²) in [7, 11) is -4.72. The lowest BCUT2D eigenvalue weighted by Crippen LogP contribution is -2.51. The number of nitrogens with zero attached hydrogens (tertiary/aromatic N) is 1. The molecule has 0 N–H and O–H groups in total. The number of carbonyl (C=O) groups excluding carboxylic acids is 1. The van der Waals surface area contributed by atoms with Crippen LogP contribution in [0.2, 0.25) is 0 Å². The molecule has 3 rings (SSSR count). The number of hydrogen-bond donors (Lipinski definition) is 0. The smallest absolute Gasteiger partial charge is 0.436 e. The van der Waals surface area contributed by atoms with E-state index in [9.17, 15) is 52.7 Å². The van der Waals surface area contributed by atoms with Crippen molar-refractivity contribution in [2.75, 3.05) is 13.1 Å². The van der Waals surface area contributed by atoms with Gasteiger partial charge < -0.3 is 9.64 Å². The number of benzene rings is 2. The maximum absolute atomic E-state index is 15.0. The summed E-state index contributed by atoms with van der Waals surface area (Å²) in [4.78, 5) is 13.0. The van der Waals surface area contributed by atoms with Crippen LogP contribution >= 0.6 is 0 Å². The summed E-state index contributed by atoms with van der Waals surface area (Å²) in [5, 5.41) is 0. The maximum Gasteiger partial charge on any atom is 0.436 e. The Morgan fingerprint density at radius 1 is 0.897 bits per heavy atom. The van der Waals surface area contributed by atoms with Crippen LogP contribution in [0.4, 0.5) is 44.3 Å². The summed E-state index contributed by atoms with van der Waals surface area (Å²) >= 11 is 0. The zero-order valence-electron chi connectivity index (χ0n) is 20.6. The van der Waals surface area contributed by atoms with Gasteiger partial charge in [0.1, 0.15) is 22.0 Å². The van der Waals surface area contributed by atoms with E-state index in [0.29, 0.717) is 6.07 Å². The van der Waals surface area contributed by atoms with Gasteiger partial charge >= 0.3 is 24.1 Å². The summed E-state index contributed by atoms with van der Waals surface area (Å²) in [6, 6.07) is 3.67. The lowest BCUT2D eigenvalue weighted by molar-refractivity contribution is -0.349. The number of ether oxygens (including phenoxy) is 1. The van der Waals surface area contributed by atoms with Gasteiger partial charge in [-0.15, -0.1) is 0 Å². The van der Waals surface area contributed by atoms with Crippen LogP contribution in [-0.4, -0.2) is 50.5 Å². The molecule has 1 unspecified atom stereocenters. The van der Waals surface area contributed by atoms with E-state index in [4.69, 9.17) is 4.74 Å². The highest BCUT2D eigenvalue weighted by Gasteiger charge is 2.74. The van der Waals surface area contributed by atoms with Gasteiger partial charge in [-0.2, -0.15) is 26.3 Å². The average Bonchev–Trinajstić information content (AvgIpc) is 3.24. The van der Waals surface area contributed by atoms with Crippen molar-refractivity contribution >= 4 is 15.9 Å². The molecule has 0 bridgehead atoms. The first-order valence-corrected chi connectivity index (χ1v) is 12.7. The van der Waals surface area contributed by atoms with E-state index >= 15 is 0 Å². The normalized spacial score (nSPS) is 19.3. The first-order valence-electron chi connectivity index (χ1n) is 11.2. The molecule has 0 aromatic heterocycles. The molecule has 0 spiro atoms. The largest absolute Gasteiger partial charge is 0.444 e. The number of sulfone groups is 1. The SMILES string of the molecule is CC(C)(C)OC(=O)N1CCC(c2ccc(C(F)(C(F)(F)F)C(F)(F)F)c(F)c2)(S(=O)(=O)c2ccc(F)cc2)C1. The van der Waals surface area contributed by atoms with Gasteiger partial charge in [0.15, 0.2) is 9.84 Å². The zero-order valence-corrected chi connectivity index (χ0v) is 21.4. The molecule has 15 heteroatoms. The molecule has 0 radical (unpaired) electrons. The highest BCUT2D eigenvalue weighted by Crippen LogP contribution is 2.54. The van der Waals surface area contributed by atoms with Crippen LogP contribution in [-0.2, 0) is 25.0 Å². The number of rotatable bonds is 4. The summed E-state index contributed by atoms with van der Waals surface area (Å²) in [5.74, 6) is -3.13. The predicted octanol–water partition coefficient (Wildman–Crippen LogP) is 6.56. The molecule has 5 nitrogen and oxygen atoms in total. The monoisotopic (exact) mass is 591 g/mol. The molecule has 1 aliphatic heterocycles. The third kappa shape index (κ3) is 5.29. The first-order chi connectivity index (χ1) is 17.6. The van der Waals surface area contributed by atoms with Crippen molar-refractivity contribution in [1.82, 2.24) is 4.90 Å². The second kappa shape index (κ2) is 9.59. The Morgan fingerprint density at radius 3 is 1.90 bits per heavy atom. The van der Waals surface area contributed by atoms with Crippen molar-refractivity contribution < 1.29 is 57.5 Å². The van der Waals surface area contributed by atoms with Crippen molar-refractivity contribution in [3.63, 3.8) is 0 Å². The molecule has 0 aliphatic carbocycles. The zero-order chi connectivity index (χ0) is 29.8. The number of alkyl halides is 7. The molecule has 216 valence electrons. The molecular weight excluding hydrogens is 569 g/mol. The molecule has 2 aromatic rings. The fourth-order valence-corrected chi connectivity index (χ4v) is 6.33. The lowest BCUT2D eigenvalue weighted by atomic mass is 9.89. The van der Waals surface area contributed by atoms with Crippen molar-refractivity contribution in [2.24, 2.45) is 0 Å². The third-order valence-corrected chi connectivity index (χ3v) is 8.66. The molecule has 39 heavy (non-hydrogen) atoms. The average molecular weight is 591 g/mol. The van der Waals surface area contributed by atoms with Gasteiger partial charge in [-0.3, -0.25) is 0 Å². The number of halogens is 9. The highest BCUT2D eigenvalue weighted by molar-refractivity contribution is 7.92. The molecular formula is C24H22F9NO4S. The van der Waals surface area contributed by atoms with Crippen LogP contribution in [0, 0.1) is 11.6 Å². The summed E-state index contributed by atoms with van der Waals surface area (Å²) in [6.07, 6.45) is -14.7. The Morgan fingerprint density at radius 2 is 1.44 bits per heavy atom. The first kappa shape index (κ1) is 30.6. The molecule has 1 atom stereocenters. The van der Waals surface area contributed by atoms with E-state index in [1.54, 1.807) is 0 Å². The van der Waals surface area contributed by atoms with Crippen LogP contribution in [0.15, 0.2) is 47.4 Å². The van der Waals surface area contributed by atoms with Crippen molar-refractivity contribution in [2.45, 2.75) is 60.5 Å².